The second-order valence-corrected chi connectivity index (χ2v) is 6.31. The van der Waals surface area contributed by atoms with Crippen LogP contribution in [0.2, 0.25) is 0 Å². The third kappa shape index (κ3) is 3.20. The smallest absolute Gasteiger partial charge is 0.301 e. The normalized spacial score (nSPS) is 16.8. The van der Waals surface area contributed by atoms with E-state index in [0.29, 0.717) is 31.9 Å². The Kier molecular flexibility index (Phi) is 3.86. The lowest BCUT2D eigenvalue weighted by Crippen LogP contribution is -2.48. The molecule has 0 radical (unpaired) electrons. The van der Waals surface area contributed by atoms with Crippen LogP contribution >= 0.6 is 0 Å². The first-order chi connectivity index (χ1) is 10.1. The molecule has 0 amide bonds. The lowest BCUT2D eigenvalue weighted by atomic mass is 10.3. The van der Waals surface area contributed by atoms with Crippen LogP contribution in [-0.4, -0.2) is 53.7 Å². The van der Waals surface area contributed by atoms with E-state index in [4.69, 9.17) is 0 Å². The largest absolute Gasteiger partial charge is 0.314 e. The predicted octanol–water partition coefficient (Wildman–Crippen LogP) is -0.171. The highest BCUT2D eigenvalue weighted by atomic mass is 32.2. The molecule has 1 aliphatic heterocycles. The SMILES string of the molecule is O=S(=O)(Nc1ccc(-n2cncn2)cc1)N1CCNCC1. The van der Waals surface area contributed by atoms with Gasteiger partial charge in [-0.25, -0.2) is 9.67 Å². The highest BCUT2D eigenvalue weighted by molar-refractivity contribution is 7.90. The molecule has 0 unspecified atom stereocenters. The highest BCUT2D eigenvalue weighted by Gasteiger charge is 2.23. The van der Waals surface area contributed by atoms with Gasteiger partial charge in [-0.05, 0) is 24.3 Å². The Balaban J connectivity index is 1.72. The zero-order valence-corrected chi connectivity index (χ0v) is 12.1. The van der Waals surface area contributed by atoms with Crippen LogP contribution in [0, 0.1) is 0 Å². The fourth-order valence-electron chi connectivity index (χ4n) is 2.12. The molecule has 2 N–H and O–H groups in total. The van der Waals surface area contributed by atoms with Crippen LogP contribution in [0.1, 0.15) is 0 Å². The summed E-state index contributed by atoms with van der Waals surface area (Å²) in [6.07, 6.45) is 3.03. The van der Waals surface area contributed by atoms with E-state index in [1.807, 2.05) is 0 Å². The van der Waals surface area contributed by atoms with E-state index in [1.165, 1.54) is 10.6 Å². The fourth-order valence-corrected chi connectivity index (χ4v) is 3.35. The number of anilines is 1. The monoisotopic (exact) mass is 308 g/mol. The molecule has 1 aliphatic rings. The van der Waals surface area contributed by atoms with Gasteiger partial charge in [-0.2, -0.15) is 17.8 Å². The molecular weight excluding hydrogens is 292 g/mol. The van der Waals surface area contributed by atoms with Crippen LogP contribution in [0.3, 0.4) is 0 Å². The maximum absolute atomic E-state index is 12.2. The highest BCUT2D eigenvalue weighted by Crippen LogP contribution is 2.15. The number of hydrogen-bond donors (Lipinski definition) is 2. The summed E-state index contributed by atoms with van der Waals surface area (Å²) < 4.78 is 30.1. The van der Waals surface area contributed by atoms with Crippen LogP contribution < -0.4 is 10.0 Å². The molecule has 112 valence electrons. The Hall–Kier alpha value is -1.97. The second-order valence-electron chi connectivity index (χ2n) is 4.64. The number of nitrogens with zero attached hydrogens (tertiary/aromatic N) is 4. The number of rotatable bonds is 4. The Bertz CT molecular complexity index is 677. The van der Waals surface area contributed by atoms with Gasteiger partial charge in [-0.1, -0.05) is 0 Å². The molecule has 0 aliphatic carbocycles. The van der Waals surface area contributed by atoms with Gasteiger partial charge < -0.3 is 5.32 Å². The standard InChI is InChI=1S/C12H16N6O2S/c19-21(20,17-7-5-13-6-8-17)16-11-1-3-12(4-2-11)18-10-14-9-15-18/h1-4,9-10,13,16H,5-8H2. The molecule has 1 aromatic carbocycles. The predicted molar refractivity (Wildman–Crippen MR) is 78.3 cm³/mol. The van der Waals surface area contributed by atoms with Crippen molar-refractivity contribution >= 4 is 15.9 Å². The lowest BCUT2D eigenvalue weighted by Gasteiger charge is -2.26. The molecule has 0 spiro atoms. The van der Waals surface area contributed by atoms with Gasteiger partial charge in [0.1, 0.15) is 12.7 Å². The molecule has 8 nitrogen and oxygen atoms in total. The van der Waals surface area contributed by atoms with Crippen molar-refractivity contribution in [1.82, 2.24) is 24.4 Å². The minimum absolute atomic E-state index is 0.479. The summed E-state index contributed by atoms with van der Waals surface area (Å²) in [6.45, 7) is 2.30. The first-order valence-corrected chi connectivity index (χ1v) is 8.03. The molecule has 21 heavy (non-hydrogen) atoms. The molecular formula is C12H16N6O2S. The molecule has 0 bridgehead atoms. The topological polar surface area (TPSA) is 92.1 Å². The molecule has 3 rings (SSSR count). The summed E-state index contributed by atoms with van der Waals surface area (Å²) in [6, 6.07) is 6.97. The number of piperazine rings is 1. The van der Waals surface area contributed by atoms with Crippen molar-refractivity contribution in [1.29, 1.82) is 0 Å². The average molecular weight is 308 g/mol. The van der Waals surface area contributed by atoms with Crippen LogP contribution in [-0.2, 0) is 10.2 Å². The first-order valence-electron chi connectivity index (χ1n) is 6.59. The minimum atomic E-state index is -3.49. The summed E-state index contributed by atoms with van der Waals surface area (Å²) >= 11 is 0. The molecule has 0 atom stereocenters. The third-order valence-electron chi connectivity index (χ3n) is 3.21. The van der Waals surface area contributed by atoms with Crippen molar-refractivity contribution in [3.8, 4) is 5.69 Å². The van der Waals surface area contributed by atoms with E-state index in [0.717, 1.165) is 5.69 Å². The zero-order valence-electron chi connectivity index (χ0n) is 11.3. The van der Waals surface area contributed by atoms with E-state index < -0.39 is 10.2 Å². The van der Waals surface area contributed by atoms with E-state index in [-0.39, 0.29) is 0 Å². The van der Waals surface area contributed by atoms with E-state index >= 15 is 0 Å². The van der Waals surface area contributed by atoms with E-state index in [2.05, 4.69) is 20.1 Å². The molecule has 9 heteroatoms. The lowest BCUT2D eigenvalue weighted by molar-refractivity contribution is 0.362. The van der Waals surface area contributed by atoms with Gasteiger partial charge in [0, 0.05) is 31.9 Å². The van der Waals surface area contributed by atoms with E-state index in [1.54, 1.807) is 35.3 Å². The maximum atomic E-state index is 12.2. The Morgan fingerprint density at radius 2 is 1.86 bits per heavy atom. The maximum Gasteiger partial charge on any atom is 0.301 e. The van der Waals surface area contributed by atoms with Crippen molar-refractivity contribution < 1.29 is 8.42 Å². The Morgan fingerprint density at radius 3 is 2.48 bits per heavy atom. The van der Waals surface area contributed by atoms with Crippen molar-refractivity contribution in [3.05, 3.63) is 36.9 Å². The fraction of sp³-hybridized carbons (Fsp3) is 0.333. The van der Waals surface area contributed by atoms with Gasteiger partial charge in [0.25, 0.3) is 0 Å². The quantitative estimate of drug-likeness (QED) is 0.818. The van der Waals surface area contributed by atoms with Gasteiger partial charge in [0.2, 0.25) is 0 Å². The number of benzene rings is 1. The Labute approximate surface area is 123 Å². The summed E-state index contributed by atoms with van der Waals surface area (Å²) in [7, 11) is -3.49. The first kappa shape index (κ1) is 14.0. The van der Waals surface area contributed by atoms with Gasteiger partial charge in [-0.15, -0.1) is 0 Å². The minimum Gasteiger partial charge on any atom is -0.314 e. The van der Waals surface area contributed by atoms with Crippen LogP contribution in [0.5, 0.6) is 0 Å². The van der Waals surface area contributed by atoms with Gasteiger partial charge in [-0.3, -0.25) is 4.72 Å². The van der Waals surface area contributed by atoms with E-state index in [9.17, 15) is 8.42 Å². The second kappa shape index (κ2) is 5.80. The molecule has 1 saturated heterocycles. The van der Waals surface area contributed by atoms with Crippen molar-refractivity contribution in [3.63, 3.8) is 0 Å². The van der Waals surface area contributed by atoms with Crippen LogP contribution in [0.15, 0.2) is 36.9 Å². The summed E-state index contributed by atoms with van der Waals surface area (Å²) in [5.41, 5.74) is 1.34. The zero-order chi connectivity index (χ0) is 14.7. The van der Waals surface area contributed by atoms with Crippen LogP contribution in [0.25, 0.3) is 5.69 Å². The van der Waals surface area contributed by atoms with Crippen molar-refractivity contribution in [2.75, 3.05) is 30.9 Å². The molecule has 0 saturated carbocycles. The van der Waals surface area contributed by atoms with Crippen molar-refractivity contribution in [2.24, 2.45) is 0 Å². The van der Waals surface area contributed by atoms with Crippen molar-refractivity contribution in [2.45, 2.75) is 0 Å². The number of hydrogen-bond acceptors (Lipinski definition) is 5. The van der Waals surface area contributed by atoms with Gasteiger partial charge in [0.15, 0.2) is 0 Å². The number of nitrogens with one attached hydrogen (secondary N) is 2. The molecule has 1 fully saturated rings. The molecule has 2 heterocycles. The summed E-state index contributed by atoms with van der Waals surface area (Å²) in [5, 5.41) is 7.14. The Morgan fingerprint density at radius 1 is 1.14 bits per heavy atom. The average Bonchev–Trinajstić information content (AvgIpc) is 3.03. The molecule has 1 aromatic heterocycles. The summed E-state index contributed by atoms with van der Waals surface area (Å²) in [4.78, 5) is 3.87. The number of aromatic nitrogens is 3. The third-order valence-corrected chi connectivity index (χ3v) is 4.75. The van der Waals surface area contributed by atoms with Crippen LogP contribution in [0.4, 0.5) is 5.69 Å². The summed E-state index contributed by atoms with van der Waals surface area (Å²) in [5.74, 6) is 0. The van der Waals surface area contributed by atoms with Gasteiger partial charge in [0.05, 0.1) is 5.69 Å². The molecule has 2 aromatic rings. The van der Waals surface area contributed by atoms with Gasteiger partial charge >= 0.3 is 10.2 Å².